The predicted octanol–water partition coefficient (Wildman–Crippen LogP) is 5.87. The zero-order valence-electron chi connectivity index (χ0n) is 16.8. The fourth-order valence-corrected chi connectivity index (χ4v) is 3.99. The van der Waals surface area contributed by atoms with Crippen molar-refractivity contribution in [3.05, 3.63) is 95.2 Å². The molecule has 0 radical (unpaired) electrons. The van der Waals surface area contributed by atoms with Gasteiger partial charge in [0.25, 0.3) is 0 Å². The number of benzene rings is 3. The van der Waals surface area contributed by atoms with Crippen LogP contribution in [0, 0.1) is 6.92 Å². The van der Waals surface area contributed by atoms with Crippen molar-refractivity contribution in [2.24, 2.45) is 4.99 Å². The molecule has 30 heavy (non-hydrogen) atoms. The minimum Gasteiger partial charge on any atom is -0.462 e. The van der Waals surface area contributed by atoms with E-state index in [4.69, 9.17) is 14.7 Å². The average Bonchev–Trinajstić information content (AvgIpc) is 3.06. The van der Waals surface area contributed by atoms with Crippen molar-refractivity contribution in [3.63, 3.8) is 0 Å². The van der Waals surface area contributed by atoms with E-state index < -0.39 is 0 Å². The largest absolute Gasteiger partial charge is 0.462 e. The molecule has 5 rings (SSSR count). The summed E-state index contributed by atoms with van der Waals surface area (Å²) in [7, 11) is 0. The lowest BCUT2D eigenvalue weighted by Gasteiger charge is -2.09. The summed E-state index contributed by atoms with van der Waals surface area (Å²) < 4.78 is 5.24. The normalized spacial score (nSPS) is 13.3. The van der Waals surface area contributed by atoms with E-state index in [1.807, 2.05) is 49.4 Å². The third kappa shape index (κ3) is 2.89. The van der Waals surface area contributed by atoms with Gasteiger partial charge in [0.15, 0.2) is 0 Å². The number of fused-ring (bicyclic) bond motifs is 4. The third-order valence-electron chi connectivity index (χ3n) is 5.40. The summed E-state index contributed by atoms with van der Waals surface area (Å²) in [6.45, 7) is 3.97. The zero-order valence-corrected chi connectivity index (χ0v) is 16.8. The molecule has 0 amide bonds. The van der Waals surface area contributed by atoms with E-state index in [1.54, 1.807) is 6.92 Å². The molecular formula is C26H20N2O2. The highest BCUT2D eigenvalue weighted by Gasteiger charge is 2.28. The van der Waals surface area contributed by atoms with E-state index in [0.717, 1.165) is 44.6 Å². The second-order valence-electron chi connectivity index (χ2n) is 7.24. The van der Waals surface area contributed by atoms with Crippen LogP contribution in [0.5, 0.6) is 0 Å². The highest BCUT2D eigenvalue weighted by molar-refractivity contribution is 6.25. The number of rotatable bonds is 3. The molecule has 3 aromatic carbocycles. The topological polar surface area (TPSA) is 51.5 Å². The Hall–Kier alpha value is -3.79. The van der Waals surface area contributed by atoms with Crippen LogP contribution in [0.15, 0.2) is 77.8 Å². The Bertz CT molecular complexity index is 1330. The molecule has 0 atom stereocenters. The lowest BCUT2D eigenvalue weighted by atomic mass is 10.1. The van der Waals surface area contributed by atoms with Crippen LogP contribution in [0.25, 0.3) is 22.0 Å². The third-order valence-corrected chi connectivity index (χ3v) is 5.40. The van der Waals surface area contributed by atoms with Gasteiger partial charge in [-0.2, -0.15) is 0 Å². The van der Waals surface area contributed by atoms with Crippen LogP contribution in [0.4, 0.5) is 5.69 Å². The van der Waals surface area contributed by atoms with E-state index in [9.17, 15) is 4.79 Å². The van der Waals surface area contributed by atoms with Crippen LogP contribution < -0.4 is 0 Å². The number of carbonyl (C=O) groups excluding carboxylic acids is 1. The molecular weight excluding hydrogens is 372 g/mol. The van der Waals surface area contributed by atoms with Gasteiger partial charge in [-0.3, -0.25) is 4.98 Å². The quantitative estimate of drug-likeness (QED) is 0.361. The van der Waals surface area contributed by atoms with Crippen LogP contribution in [0.3, 0.4) is 0 Å². The molecule has 4 heteroatoms. The molecule has 4 aromatic rings. The van der Waals surface area contributed by atoms with Crippen molar-refractivity contribution in [1.29, 1.82) is 0 Å². The number of hydrogen-bond donors (Lipinski definition) is 0. The molecule has 0 bridgehead atoms. The van der Waals surface area contributed by atoms with Crippen molar-refractivity contribution >= 4 is 28.1 Å². The summed E-state index contributed by atoms with van der Waals surface area (Å²) >= 11 is 0. The van der Waals surface area contributed by atoms with Crippen LogP contribution in [-0.2, 0) is 4.74 Å². The summed E-state index contributed by atoms with van der Waals surface area (Å²) in [5.41, 5.74) is 6.63. The second kappa shape index (κ2) is 7.23. The molecule has 0 unspecified atom stereocenters. The molecule has 1 heterocycles. The van der Waals surface area contributed by atoms with Gasteiger partial charge in [-0.25, -0.2) is 9.79 Å². The number of aliphatic imine (C=N–C) groups is 1. The maximum absolute atomic E-state index is 12.5. The molecule has 1 aromatic heterocycles. The molecule has 1 aliphatic carbocycles. The molecule has 0 saturated carbocycles. The maximum Gasteiger partial charge on any atom is 0.339 e. The number of ether oxygens (including phenoxy) is 1. The first-order chi connectivity index (χ1) is 14.7. The summed E-state index contributed by atoms with van der Waals surface area (Å²) in [6, 6.07) is 24.3. The molecule has 1 aliphatic rings. The van der Waals surface area contributed by atoms with Gasteiger partial charge in [0.1, 0.15) is 0 Å². The van der Waals surface area contributed by atoms with Gasteiger partial charge in [-0.1, -0.05) is 60.7 Å². The Balaban J connectivity index is 1.76. The molecule has 0 aliphatic heterocycles. The highest BCUT2D eigenvalue weighted by Crippen LogP contribution is 2.38. The lowest BCUT2D eigenvalue weighted by Crippen LogP contribution is -2.10. The molecule has 0 spiro atoms. The Morgan fingerprint density at radius 3 is 2.50 bits per heavy atom. The number of esters is 1. The number of nitrogens with zero attached hydrogens (tertiary/aromatic N) is 2. The number of aromatic nitrogens is 1. The molecule has 4 nitrogen and oxygen atoms in total. The van der Waals surface area contributed by atoms with Crippen LogP contribution in [-0.4, -0.2) is 23.3 Å². The predicted molar refractivity (Wildman–Crippen MR) is 120 cm³/mol. The van der Waals surface area contributed by atoms with E-state index in [2.05, 4.69) is 30.3 Å². The molecule has 0 saturated heterocycles. The minimum absolute atomic E-state index is 0.326. The van der Waals surface area contributed by atoms with Gasteiger partial charge in [0.05, 0.1) is 35.0 Å². The van der Waals surface area contributed by atoms with Crippen LogP contribution in [0.2, 0.25) is 0 Å². The Morgan fingerprint density at radius 1 is 0.933 bits per heavy atom. The first-order valence-electron chi connectivity index (χ1n) is 10.0. The molecule has 0 fully saturated rings. The zero-order chi connectivity index (χ0) is 20.7. The number of hydrogen-bond acceptors (Lipinski definition) is 4. The van der Waals surface area contributed by atoms with Crippen molar-refractivity contribution < 1.29 is 9.53 Å². The van der Waals surface area contributed by atoms with Gasteiger partial charge < -0.3 is 4.74 Å². The first kappa shape index (κ1) is 18.3. The van der Waals surface area contributed by atoms with E-state index in [1.165, 1.54) is 0 Å². The van der Waals surface area contributed by atoms with E-state index in [0.29, 0.717) is 17.9 Å². The average molecular weight is 392 g/mol. The van der Waals surface area contributed by atoms with Crippen molar-refractivity contribution in [3.8, 4) is 11.3 Å². The molecule has 0 N–H and O–H groups in total. The second-order valence-corrected chi connectivity index (χ2v) is 7.24. The number of carbonyl (C=O) groups is 1. The van der Waals surface area contributed by atoms with E-state index >= 15 is 0 Å². The first-order valence-corrected chi connectivity index (χ1v) is 10.0. The fraction of sp³-hybridized carbons (Fsp3) is 0.115. The highest BCUT2D eigenvalue weighted by atomic mass is 16.5. The number of pyridine rings is 1. The number of aryl methyl sites for hydroxylation is 1. The summed E-state index contributed by atoms with van der Waals surface area (Å²) in [5, 5.41) is 2.23. The monoisotopic (exact) mass is 392 g/mol. The van der Waals surface area contributed by atoms with Crippen molar-refractivity contribution in [2.75, 3.05) is 6.61 Å². The van der Waals surface area contributed by atoms with Gasteiger partial charge in [0, 0.05) is 22.1 Å². The van der Waals surface area contributed by atoms with Crippen molar-refractivity contribution in [1.82, 2.24) is 4.98 Å². The Morgan fingerprint density at radius 2 is 1.67 bits per heavy atom. The van der Waals surface area contributed by atoms with Gasteiger partial charge in [0.2, 0.25) is 0 Å². The Labute approximate surface area is 174 Å². The van der Waals surface area contributed by atoms with Crippen LogP contribution in [0.1, 0.15) is 34.1 Å². The van der Waals surface area contributed by atoms with Gasteiger partial charge in [-0.05, 0) is 31.4 Å². The molecule has 146 valence electrons. The minimum atomic E-state index is -0.356. The summed E-state index contributed by atoms with van der Waals surface area (Å²) in [5.74, 6) is -0.356. The SMILES string of the molecule is CCOC(=O)c1cc2c(nc1C)-c1ccccc1C2=Nc1cccc2ccccc12. The van der Waals surface area contributed by atoms with Gasteiger partial charge >= 0.3 is 5.97 Å². The smallest absolute Gasteiger partial charge is 0.339 e. The Kier molecular flexibility index (Phi) is 4.40. The van der Waals surface area contributed by atoms with Crippen molar-refractivity contribution in [2.45, 2.75) is 13.8 Å². The standard InChI is InChI=1S/C26H20N2O2/c1-3-30-26(29)21-15-22-24(27-16(21)2)19-12-6-7-13-20(19)25(22)28-23-14-8-10-17-9-4-5-11-18(17)23/h4-15H,3H2,1-2H3. The summed E-state index contributed by atoms with van der Waals surface area (Å²) in [6.07, 6.45) is 0. The maximum atomic E-state index is 12.5. The lowest BCUT2D eigenvalue weighted by molar-refractivity contribution is 0.0525. The van der Waals surface area contributed by atoms with Crippen LogP contribution >= 0.6 is 0 Å². The summed E-state index contributed by atoms with van der Waals surface area (Å²) in [4.78, 5) is 22.3. The van der Waals surface area contributed by atoms with E-state index in [-0.39, 0.29) is 5.97 Å². The fourth-order valence-electron chi connectivity index (χ4n) is 3.99. The van der Waals surface area contributed by atoms with Gasteiger partial charge in [-0.15, -0.1) is 0 Å².